The normalized spacial score (nSPS) is 20.5. The van der Waals surface area contributed by atoms with E-state index in [1.54, 1.807) is 0 Å². The average Bonchev–Trinajstić information content (AvgIpc) is 2.96. The molecule has 0 saturated carbocycles. The highest BCUT2D eigenvalue weighted by Gasteiger charge is 2.21. The van der Waals surface area contributed by atoms with Gasteiger partial charge in [0.25, 0.3) is 5.78 Å². The summed E-state index contributed by atoms with van der Waals surface area (Å²) in [4.78, 5) is 8.86. The molecule has 3 heterocycles. The average molecular weight is 231 g/mol. The molecule has 1 saturated heterocycles. The molecule has 0 bridgehead atoms. The number of fused-ring (bicyclic) bond motifs is 1. The van der Waals surface area contributed by atoms with Gasteiger partial charge >= 0.3 is 0 Å². The number of aromatic nitrogens is 4. The van der Waals surface area contributed by atoms with Crippen LogP contribution in [0.1, 0.15) is 43.5 Å². The van der Waals surface area contributed by atoms with E-state index in [2.05, 4.69) is 34.2 Å². The van der Waals surface area contributed by atoms with Crippen molar-refractivity contribution in [2.24, 2.45) is 0 Å². The van der Waals surface area contributed by atoms with Crippen LogP contribution in [-0.2, 0) is 0 Å². The Kier molecular flexibility index (Phi) is 2.55. The third-order valence-electron chi connectivity index (χ3n) is 3.32. The monoisotopic (exact) mass is 231 g/mol. The smallest absolute Gasteiger partial charge is 0.252 e. The van der Waals surface area contributed by atoms with E-state index in [9.17, 15) is 0 Å². The van der Waals surface area contributed by atoms with Gasteiger partial charge in [0.1, 0.15) is 0 Å². The SMILES string of the molecule is CC(C)c1cnc2nc(C3CCNC3)nn2c1. The van der Waals surface area contributed by atoms with E-state index in [0.717, 1.165) is 25.3 Å². The molecule has 1 atom stereocenters. The summed E-state index contributed by atoms with van der Waals surface area (Å²) in [6.45, 7) is 6.35. The first-order valence-electron chi connectivity index (χ1n) is 6.17. The summed E-state index contributed by atoms with van der Waals surface area (Å²) in [6, 6.07) is 0. The van der Waals surface area contributed by atoms with E-state index in [0.29, 0.717) is 17.6 Å². The Morgan fingerprint density at radius 1 is 1.47 bits per heavy atom. The lowest BCUT2D eigenvalue weighted by atomic mass is 10.1. The Morgan fingerprint density at radius 3 is 3.06 bits per heavy atom. The first-order chi connectivity index (χ1) is 8.24. The number of nitrogens with one attached hydrogen (secondary N) is 1. The minimum atomic E-state index is 0.444. The van der Waals surface area contributed by atoms with Crippen molar-refractivity contribution in [1.29, 1.82) is 0 Å². The third-order valence-corrected chi connectivity index (χ3v) is 3.32. The second-order valence-corrected chi connectivity index (χ2v) is 4.95. The Bertz CT molecular complexity index is 525. The van der Waals surface area contributed by atoms with E-state index < -0.39 is 0 Å². The zero-order chi connectivity index (χ0) is 11.8. The molecule has 1 unspecified atom stereocenters. The van der Waals surface area contributed by atoms with Gasteiger partial charge in [-0.25, -0.2) is 9.50 Å². The van der Waals surface area contributed by atoms with Crippen LogP contribution >= 0.6 is 0 Å². The van der Waals surface area contributed by atoms with Crippen molar-refractivity contribution in [3.05, 3.63) is 23.8 Å². The van der Waals surface area contributed by atoms with Gasteiger partial charge in [-0.3, -0.25) is 0 Å². The van der Waals surface area contributed by atoms with Crippen molar-refractivity contribution in [1.82, 2.24) is 24.9 Å². The van der Waals surface area contributed by atoms with Crippen molar-refractivity contribution in [2.45, 2.75) is 32.1 Å². The highest BCUT2D eigenvalue weighted by Crippen LogP contribution is 2.20. The lowest BCUT2D eigenvalue weighted by Gasteiger charge is -2.03. The van der Waals surface area contributed by atoms with Crippen molar-refractivity contribution >= 4 is 5.78 Å². The summed E-state index contributed by atoms with van der Waals surface area (Å²) >= 11 is 0. The first-order valence-corrected chi connectivity index (χ1v) is 6.17. The summed E-state index contributed by atoms with van der Waals surface area (Å²) < 4.78 is 1.81. The van der Waals surface area contributed by atoms with Crippen molar-refractivity contribution in [2.75, 3.05) is 13.1 Å². The van der Waals surface area contributed by atoms with Crippen LogP contribution < -0.4 is 5.32 Å². The Morgan fingerprint density at radius 2 is 2.35 bits per heavy atom. The van der Waals surface area contributed by atoms with Gasteiger partial charge in [-0.05, 0) is 24.4 Å². The largest absolute Gasteiger partial charge is 0.316 e. The minimum Gasteiger partial charge on any atom is -0.316 e. The minimum absolute atomic E-state index is 0.444. The zero-order valence-corrected chi connectivity index (χ0v) is 10.2. The van der Waals surface area contributed by atoms with E-state index in [4.69, 9.17) is 0 Å². The standard InChI is InChI=1S/C12H17N5/c1-8(2)10-6-14-12-15-11(16-17(12)7-10)9-3-4-13-5-9/h6-9,13H,3-5H2,1-2H3. The number of rotatable bonds is 2. The first kappa shape index (κ1) is 10.7. The maximum atomic E-state index is 4.54. The zero-order valence-electron chi connectivity index (χ0n) is 10.2. The number of hydrogen-bond donors (Lipinski definition) is 1. The molecule has 1 fully saturated rings. The Balaban J connectivity index is 2.00. The molecule has 1 aliphatic heterocycles. The fraction of sp³-hybridized carbons (Fsp3) is 0.583. The summed E-state index contributed by atoms with van der Waals surface area (Å²) in [7, 11) is 0. The van der Waals surface area contributed by atoms with E-state index in [1.165, 1.54) is 5.56 Å². The molecule has 0 aromatic carbocycles. The third kappa shape index (κ3) is 1.91. The fourth-order valence-electron chi connectivity index (χ4n) is 2.16. The van der Waals surface area contributed by atoms with Crippen LogP contribution in [0.4, 0.5) is 0 Å². The van der Waals surface area contributed by atoms with Crippen LogP contribution in [0.5, 0.6) is 0 Å². The molecule has 0 amide bonds. The van der Waals surface area contributed by atoms with Crippen molar-refractivity contribution in [3.63, 3.8) is 0 Å². The van der Waals surface area contributed by atoms with Crippen LogP contribution in [0.3, 0.4) is 0 Å². The lowest BCUT2D eigenvalue weighted by Crippen LogP contribution is -2.08. The predicted octanol–water partition coefficient (Wildman–Crippen LogP) is 1.32. The van der Waals surface area contributed by atoms with Crippen LogP contribution in [0.2, 0.25) is 0 Å². The van der Waals surface area contributed by atoms with Crippen LogP contribution in [0, 0.1) is 0 Å². The molecular formula is C12H17N5. The molecular weight excluding hydrogens is 214 g/mol. The Labute approximate surface area is 100 Å². The maximum Gasteiger partial charge on any atom is 0.252 e. The van der Waals surface area contributed by atoms with Crippen LogP contribution in [0.25, 0.3) is 5.78 Å². The van der Waals surface area contributed by atoms with Gasteiger partial charge in [-0.2, -0.15) is 4.98 Å². The van der Waals surface area contributed by atoms with Gasteiger partial charge in [-0.1, -0.05) is 13.8 Å². The lowest BCUT2D eigenvalue weighted by molar-refractivity contribution is 0.697. The quantitative estimate of drug-likeness (QED) is 0.847. The summed E-state index contributed by atoms with van der Waals surface area (Å²) in [6.07, 6.45) is 5.05. The van der Waals surface area contributed by atoms with Crippen LogP contribution in [0.15, 0.2) is 12.4 Å². The maximum absolute atomic E-state index is 4.54. The molecule has 3 rings (SSSR count). The molecule has 0 aliphatic carbocycles. The molecule has 5 heteroatoms. The highest BCUT2D eigenvalue weighted by atomic mass is 15.3. The van der Waals surface area contributed by atoms with Crippen LogP contribution in [-0.4, -0.2) is 32.7 Å². The molecule has 1 N–H and O–H groups in total. The fourth-order valence-corrected chi connectivity index (χ4v) is 2.16. The molecule has 90 valence electrons. The van der Waals surface area contributed by atoms with Crippen molar-refractivity contribution in [3.8, 4) is 0 Å². The van der Waals surface area contributed by atoms with E-state index in [1.807, 2.05) is 16.9 Å². The molecule has 2 aromatic heterocycles. The van der Waals surface area contributed by atoms with Gasteiger partial charge in [0, 0.05) is 24.9 Å². The number of hydrogen-bond acceptors (Lipinski definition) is 4. The van der Waals surface area contributed by atoms with Gasteiger partial charge in [0.2, 0.25) is 0 Å². The van der Waals surface area contributed by atoms with E-state index >= 15 is 0 Å². The molecule has 5 nitrogen and oxygen atoms in total. The summed E-state index contributed by atoms with van der Waals surface area (Å²) in [5, 5.41) is 7.88. The Hall–Kier alpha value is -1.49. The van der Waals surface area contributed by atoms with Gasteiger partial charge in [0.05, 0.1) is 0 Å². The molecule has 17 heavy (non-hydrogen) atoms. The van der Waals surface area contributed by atoms with E-state index in [-0.39, 0.29) is 0 Å². The van der Waals surface area contributed by atoms with Gasteiger partial charge in [0.15, 0.2) is 5.82 Å². The van der Waals surface area contributed by atoms with Gasteiger partial charge in [-0.15, -0.1) is 5.10 Å². The molecule has 1 aliphatic rings. The highest BCUT2D eigenvalue weighted by molar-refractivity contribution is 5.29. The summed E-state index contributed by atoms with van der Waals surface area (Å²) in [5.41, 5.74) is 1.19. The summed E-state index contributed by atoms with van der Waals surface area (Å²) in [5.74, 6) is 2.53. The molecule has 2 aromatic rings. The molecule has 0 spiro atoms. The molecule has 0 radical (unpaired) electrons. The predicted molar refractivity (Wildman–Crippen MR) is 65.1 cm³/mol. The second-order valence-electron chi connectivity index (χ2n) is 4.95. The van der Waals surface area contributed by atoms with Gasteiger partial charge < -0.3 is 5.32 Å². The number of nitrogens with zero attached hydrogens (tertiary/aromatic N) is 4. The van der Waals surface area contributed by atoms with Crippen molar-refractivity contribution < 1.29 is 0 Å². The topological polar surface area (TPSA) is 55.1 Å². The second kappa shape index (κ2) is 4.07.